The van der Waals surface area contributed by atoms with Gasteiger partial charge in [-0.25, -0.2) is 0 Å². The predicted molar refractivity (Wildman–Crippen MR) is 233 cm³/mol. The molecule has 0 unspecified atom stereocenters. The number of allylic oxidation sites excluding steroid dienone is 12. The lowest BCUT2D eigenvalue weighted by Crippen LogP contribution is -2.20. The second-order valence-electron chi connectivity index (χ2n) is 14.7. The van der Waals surface area contributed by atoms with Crippen molar-refractivity contribution in [2.24, 2.45) is 0 Å². The highest BCUT2D eigenvalue weighted by Gasteiger charge is 2.23. The number of rotatable bonds is 7. The van der Waals surface area contributed by atoms with E-state index in [9.17, 15) is 0 Å². The van der Waals surface area contributed by atoms with Gasteiger partial charge in [0.25, 0.3) is 0 Å². The zero-order valence-corrected chi connectivity index (χ0v) is 31.9. The van der Waals surface area contributed by atoms with Crippen LogP contribution in [0.4, 0.5) is 17.1 Å². The van der Waals surface area contributed by atoms with Gasteiger partial charge in [0.1, 0.15) is 0 Å². The summed E-state index contributed by atoms with van der Waals surface area (Å²) in [4.78, 5) is 4.71. The molecule has 0 bridgehead atoms. The Hall–Kier alpha value is -6.12. The Balaban J connectivity index is 1.27. The summed E-state index contributed by atoms with van der Waals surface area (Å²) in [6.45, 7) is 11.5. The molecule has 0 aromatic heterocycles. The van der Waals surface area contributed by atoms with Crippen molar-refractivity contribution in [3.8, 4) is 22.3 Å². The molecule has 1 heterocycles. The smallest absolute Gasteiger partial charge is 0.0488 e. The van der Waals surface area contributed by atoms with Crippen LogP contribution in [0.25, 0.3) is 33.4 Å². The molecule has 0 spiro atoms. The first-order valence-electron chi connectivity index (χ1n) is 19.2. The molecule has 5 aromatic rings. The predicted octanol–water partition coefficient (Wildman–Crippen LogP) is 14.0. The third-order valence-corrected chi connectivity index (χ3v) is 11.3. The minimum absolute atomic E-state index is 0.980. The molecular formula is C52H48N2. The van der Waals surface area contributed by atoms with Crippen molar-refractivity contribution < 1.29 is 0 Å². The summed E-state index contributed by atoms with van der Waals surface area (Å²) in [7, 11) is 2.20. The summed E-state index contributed by atoms with van der Waals surface area (Å²) < 4.78 is 0. The van der Waals surface area contributed by atoms with E-state index in [0.717, 1.165) is 42.6 Å². The molecule has 0 radical (unpaired) electrons. The number of para-hydroxylation sites is 1. The van der Waals surface area contributed by atoms with E-state index >= 15 is 0 Å². The molecule has 1 aliphatic heterocycles. The normalized spacial score (nSPS) is 17.0. The van der Waals surface area contributed by atoms with Crippen molar-refractivity contribution in [1.29, 1.82) is 0 Å². The number of hydrogen-bond donors (Lipinski definition) is 0. The van der Waals surface area contributed by atoms with Crippen molar-refractivity contribution >= 4 is 28.2 Å². The van der Waals surface area contributed by atoms with Crippen LogP contribution in [0, 0.1) is 20.8 Å². The largest absolute Gasteiger partial charge is 0.344 e. The number of nitrogens with zero attached hydrogens (tertiary/aromatic N) is 2. The van der Waals surface area contributed by atoms with Crippen molar-refractivity contribution in [3.63, 3.8) is 0 Å². The molecule has 2 nitrogen and oxygen atoms in total. The molecule has 8 rings (SSSR count). The van der Waals surface area contributed by atoms with Gasteiger partial charge in [0, 0.05) is 47.1 Å². The molecule has 54 heavy (non-hydrogen) atoms. The highest BCUT2D eigenvalue weighted by molar-refractivity contribution is 5.92. The lowest BCUT2D eigenvalue weighted by atomic mass is 9.83. The number of aryl methyl sites for hydroxylation is 1. The molecule has 3 aliphatic rings. The first-order valence-corrected chi connectivity index (χ1v) is 19.2. The van der Waals surface area contributed by atoms with Gasteiger partial charge in [0.05, 0.1) is 0 Å². The zero-order chi connectivity index (χ0) is 37.2. The Morgan fingerprint density at radius 3 is 2.11 bits per heavy atom. The summed E-state index contributed by atoms with van der Waals surface area (Å²) in [5.41, 5.74) is 20.9. The maximum Gasteiger partial charge on any atom is 0.0488 e. The average molecular weight is 701 g/mol. The monoisotopic (exact) mass is 700 g/mol. The van der Waals surface area contributed by atoms with Gasteiger partial charge in [-0.05, 0) is 156 Å². The lowest BCUT2D eigenvalue weighted by molar-refractivity contribution is 0.898. The first-order chi connectivity index (χ1) is 26.4. The van der Waals surface area contributed by atoms with Gasteiger partial charge in [0.15, 0.2) is 0 Å². The van der Waals surface area contributed by atoms with Gasteiger partial charge in [-0.15, -0.1) is 0 Å². The maximum atomic E-state index is 4.66. The van der Waals surface area contributed by atoms with E-state index in [4.69, 9.17) is 0 Å². The number of anilines is 3. The van der Waals surface area contributed by atoms with Crippen LogP contribution < -0.4 is 9.80 Å². The van der Waals surface area contributed by atoms with Crippen molar-refractivity contribution in [1.82, 2.24) is 0 Å². The summed E-state index contributed by atoms with van der Waals surface area (Å²) in [5.74, 6) is 0. The second-order valence-corrected chi connectivity index (χ2v) is 14.7. The minimum atomic E-state index is 0.980. The van der Waals surface area contributed by atoms with Gasteiger partial charge in [-0.1, -0.05) is 110 Å². The van der Waals surface area contributed by atoms with E-state index in [1.807, 2.05) is 0 Å². The molecular weight excluding hydrogens is 653 g/mol. The molecule has 0 atom stereocenters. The fourth-order valence-corrected chi connectivity index (χ4v) is 8.23. The van der Waals surface area contributed by atoms with E-state index in [1.54, 1.807) is 0 Å². The molecule has 0 saturated heterocycles. The topological polar surface area (TPSA) is 6.48 Å². The van der Waals surface area contributed by atoms with E-state index in [0.29, 0.717) is 0 Å². The van der Waals surface area contributed by atoms with Crippen LogP contribution in [-0.2, 0) is 0 Å². The standard InChI is InChI=1S/C52H48N2/c1-36-34-48(39(4)52(38(36)3)44-31-32-54(46-21-13-8-14-22-46)51-24-16-15-23-47(51)37(2)33-44)49-35-43(41-19-11-7-12-20-41)27-30-50(49)53(5)45-28-25-42(26-29-45)40-17-9-6-10-18-40/h6-11,13-15,17-19,21-23,25-35H,2,12,16,20,24H2,1,3-5H3/b32-31-,44-33+. The summed E-state index contributed by atoms with van der Waals surface area (Å²) in [5, 5.41) is 0. The van der Waals surface area contributed by atoms with Gasteiger partial charge >= 0.3 is 0 Å². The maximum absolute atomic E-state index is 4.66. The molecule has 266 valence electrons. The second kappa shape index (κ2) is 15.1. The number of benzene rings is 5. The van der Waals surface area contributed by atoms with Crippen molar-refractivity contribution in [2.75, 3.05) is 16.8 Å². The minimum Gasteiger partial charge on any atom is -0.344 e. The molecule has 5 aromatic carbocycles. The lowest BCUT2D eigenvalue weighted by Gasteiger charge is -2.30. The van der Waals surface area contributed by atoms with Crippen LogP contribution in [0.5, 0.6) is 0 Å². The molecule has 0 amide bonds. The quantitative estimate of drug-likeness (QED) is 0.167. The molecule has 2 aliphatic carbocycles. The Morgan fingerprint density at radius 2 is 1.37 bits per heavy atom. The summed E-state index contributed by atoms with van der Waals surface area (Å²) in [6, 6.07) is 39.7. The SMILES string of the molecule is C=C1/C=C(c2c(C)c(C)cc(-c3cc(C4=CC=CCC4)ccc3N(C)c3ccc(-c4ccccc4)cc3)c2C)\C=C/N(c2ccccc2)C2=C1C=CCC2. The van der Waals surface area contributed by atoms with Gasteiger partial charge < -0.3 is 9.80 Å². The Labute approximate surface area is 321 Å². The van der Waals surface area contributed by atoms with Crippen molar-refractivity contribution in [3.05, 3.63) is 209 Å². The Morgan fingerprint density at radius 1 is 0.667 bits per heavy atom. The van der Waals surface area contributed by atoms with Crippen LogP contribution in [-0.4, -0.2) is 7.05 Å². The average Bonchev–Trinajstić information content (AvgIpc) is 3.22. The molecule has 0 saturated carbocycles. The molecule has 0 fully saturated rings. The Bertz CT molecular complexity index is 2410. The van der Waals surface area contributed by atoms with E-state index in [1.165, 1.54) is 78.2 Å². The van der Waals surface area contributed by atoms with Gasteiger partial charge in [0.2, 0.25) is 0 Å². The zero-order valence-electron chi connectivity index (χ0n) is 31.9. The van der Waals surface area contributed by atoms with Crippen LogP contribution >= 0.6 is 0 Å². The highest BCUT2D eigenvalue weighted by Crippen LogP contribution is 2.44. The van der Waals surface area contributed by atoms with Gasteiger partial charge in [-0.2, -0.15) is 0 Å². The van der Waals surface area contributed by atoms with Crippen LogP contribution in [0.1, 0.15) is 53.5 Å². The van der Waals surface area contributed by atoms with Crippen LogP contribution in [0.2, 0.25) is 0 Å². The fraction of sp³-hybridized carbons (Fsp3) is 0.154. The van der Waals surface area contributed by atoms with E-state index in [-0.39, 0.29) is 0 Å². The van der Waals surface area contributed by atoms with E-state index in [2.05, 4.69) is 202 Å². The third kappa shape index (κ3) is 6.76. The first kappa shape index (κ1) is 34.9. The van der Waals surface area contributed by atoms with Crippen LogP contribution in [0.3, 0.4) is 0 Å². The Kier molecular flexibility index (Phi) is 9.76. The van der Waals surface area contributed by atoms with Crippen LogP contribution in [0.15, 0.2) is 181 Å². The summed E-state index contributed by atoms with van der Waals surface area (Å²) >= 11 is 0. The molecule has 0 N–H and O–H groups in total. The molecule has 2 heteroatoms. The highest BCUT2D eigenvalue weighted by atomic mass is 15.1. The van der Waals surface area contributed by atoms with E-state index < -0.39 is 0 Å². The van der Waals surface area contributed by atoms with Crippen molar-refractivity contribution in [2.45, 2.75) is 46.5 Å². The fourth-order valence-electron chi connectivity index (χ4n) is 8.23. The summed E-state index contributed by atoms with van der Waals surface area (Å²) in [6.07, 6.45) is 22.3. The van der Waals surface area contributed by atoms with Gasteiger partial charge in [-0.3, -0.25) is 0 Å². The third-order valence-electron chi connectivity index (χ3n) is 11.3. The number of hydrogen-bond acceptors (Lipinski definition) is 2.